The van der Waals surface area contributed by atoms with Crippen LogP contribution >= 0.6 is 0 Å². The molecule has 0 amide bonds. The predicted molar refractivity (Wildman–Crippen MR) is 410 cm³/mol. The van der Waals surface area contributed by atoms with Crippen molar-refractivity contribution in [2.45, 2.75) is 0 Å². The molecule has 19 rings (SSSR count). The third-order valence-corrected chi connectivity index (χ3v) is 19.5. The fourth-order valence-corrected chi connectivity index (χ4v) is 14.7. The lowest BCUT2D eigenvalue weighted by Crippen LogP contribution is -2.00. The number of benzene rings is 14. The van der Waals surface area contributed by atoms with Gasteiger partial charge in [-0.3, -0.25) is 0 Å². The van der Waals surface area contributed by atoms with Gasteiger partial charge in [0.1, 0.15) is 0 Å². The van der Waals surface area contributed by atoms with Gasteiger partial charge in [0.25, 0.3) is 0 Å². The van der Waals surface area contributed by atoms with Gasteiger partial charge in [0, 0.05) is 82.8 Å². The summed E-state index contributed by atoms with van der Waals surface area (Å²) in [5, 5.41) is 7.27. The van der Waals surface area contributed by atoms with Crippen LogP contribution in [0.25, 0.3) is 184 Å². The first kappa shape index (κ1) is 57.1. The highest BCUT2D eigenvalue weighted by Gasteiger charge is 2.21. The van der Waals surface area contributed by atoms with Crippen molar-refractivity contribution in [2.24, 2.45) is 0 Å². The molecule has 0 aliphatic rings. The number of aromatic nitrogens is 7. The van der Waals surface area contributed by atoms with Gasteiger partial charge in [0.2, 0.25) is 0 Å². The Morgan fingerprint density at radius 1 is 0.152 bits per heavy atom. The van der Waals surface area contributed by atoms with Gasteiger partial charge in [0.05, 0.1) is 55.9 Å². The molecule has 462 valence electrons. The van der Waals surface area contributed by atoms with E-state index in [9.17, 15) is 0 Å². The molecule has 14 aromatic carbocycles. The van der Waals surface area contributed by atoms with Gasteiger partial charge < -0.3 is 13.7 Å². The van der Waals surface area contributed by atoms with E-state index in [0.29, 0.717) is 11.6 Å². The van der Waals surface area contributed by atoms with Crippen molar-refractivity contribution in [3.63, 3.8) is 0 Å². The second kappa shape index (κ2) is 23.8. The minimum Gasteiger partial charge on any atom is -0.309 e. The standard InChI is InChI=1S/C92H59N7/c1-4-21-63(22-5-1)81-58-82(94-91(93-81)66-23-6-2-7-24-66)65-45-41-62(42-46-65)71-54-73(98-87-36-17-12-31-77(87)78-32-13-18-37-88(78)98)57-74(55-71)99-89-38-19-14-33-79(89)80-56-69(49-52-90(80)99)68-27-20-28-70(53-68)84-59-83(95-92(96-84)67-25-8-3-9-26-67)64-43-39-60(40-44-64)61-47-50-72(51-48-61)97-85-34-15-10-29-75(85)76-30-11-16-35-86(76)97/h1-59H. The molecule has 5 heterocycles. The van der Waals surface area contributed by atoms with Gasteiger partial charge >= 0.3 is 0 Å². The van der Waals surface area contributed by atoms with Crippen LogP contribution in [0, 0.1) is 0 Å². The van der Waals surface area contributed by atoms with Gasteiger partial charge in [-0.05, 0) is 124 Å². The Labute approximate surface area is 571 Å². The number of nitrogens with zero attached hydrogens (tertiary/aromatic N) is 7. The molecule has 0 radical (unpaired) electrons. The Morgan fingerprint density at radius 3 is 0.889 bits per heavy atom. The average molecular weight is 1260 g/mol. The minimum absolute atomic E-state index is 0.673. The molecular formula is C92H59N7. The Bertz CT molecular complexity index is 6140. The summed E-state index contributed by atoms with van der Waals surface area (Å²) < 4.78 is 7.23. The number of hydrogen-bond donors (Lipinski definition) is 0. The molecule has 5 aromatic heterocycles. The normalized spacial score (nSPS) is 11.6. The molecule has 0 fully saturated rings. The lowest BCUT2D eigenvalue weighted by atomic mass is 9.98. The molecule has 0 saturated heterocycles. The summed E-state index contributed by atoms with van der Waals surface area (Å²) in [4.78, 5) is 20.8. The Hall–Kier alpha value is -13.4. The largest absolute Gasteiger partial charge is 0.309 e. The molecule has 0 saturated carbocycles. The quantitative estimate of drug-likeness (QED) is 0.122. The molecule has 0 aliphatic heterocycles. The lowest BCUT2D eigenvalue weighted by molar-refractivity contribution is 1.13. The number of hydrogen-bond acceptors (Lipinski definition) is 4. The van der Waals surface area contributed by atoms with E-state index >= 15 is 0 Å². The minimum atomic E-state index is 0.673. The zero-order valence-corrected chi connectivity index (χ0v) is 53.7. The topological polar surface area (TPSA) is 66.3 Å². The molecule has 0 aliphatic carbocycles. The number of rotatable bonds is 12. The first-order valence-electron chi connectivity index (χ1n) is 33.6. The maximum absolute atomic E-state index is 5.30. The predicted octanol–water partition coefficient (Wildman–Crippen LogP) is 23.6. The lowest BCUT2D eigenvalue weighted by Gasteiger charge is -2.16. The number of fused-ring (bicyclic) bond motifs is 9. The smallest absolute Gasteiger partial charge is 0.160 e. The summed E-state index contributed by atoms with van der Waals surface area (Å²) in [7, 11) is 0. The maximum Gasteiger partial charge on any atom is 0.160 e. The zero-order valence-electron chi connectivity index (χ0n) is 53.7. The highest BCUT2D eigenvalue weighted by atomic mass is 15.0. The van der Waals surface area contributed by atoms with E-state index < -0.39 is 0 Å². The number of para-hydroxylation sites is 5. The summed E-state index contributed by atoms with van der Waals surface area (Å²) >= 11 is 0. The SMILES string of the molecule is c1ccc(-c2cc(-c3ccc(-c4cc(-n5c6ccccc6c6ccccc65)cc(-n5c6ccccc6c6cc(-c7cccc(-c8cc(-c9ccc(-c%10ccc(-n%11c%12ccccc%12c%12ccccc%12%11)cc%10)cc9)nc(-c9ccccc9)n8)c7)ccc65)c4)cc3)nc(-c3ccccc3)n2)cc1. The highest BCUT2D eigenvalue weighted by molar-refractivity contribution is 6.12. The van der Waals surface area contributed by atoms with E-state index in [4.69, 9.17) is 19.9 Å². The Kier molecular flexibility index (Phi) is 13.7. The summed E-state index contributed by atoms with van der Waals surface area (Å²) in [5.74, 6) is 1.36. The van der Waals surface area contributed by atoms with E-state index in [2.05, 4.69) is 329 Å². The van der Waals surface area contributed by atoms with Crippen LogP contribution in [0.3, 0.4) is 0 Å². The Morgan fingerprint density at radius 2 is 0.444 bits per heavy atom. The molecule has 19 aromatic rings. The summed E-state index contributed by atoms with van der Waals surface area (Å²) in [5.41, 5.74) is 26.3. The van der Waals surface area contributed by atoms with E-state index in [0.717, 1.165) is 134 Å². The van der Waals surface area contributed by atoms with Crippen molar-refractivity contribution < 1.29 is 0 Å². The van der Waals surface area contributed by atoms with Crippen molar-refractivity contribution in [1.82, 2.24) is 33.6 Å². The van der Waals surface area contributed by atoms with Crippen LogP contribution in [0.5, 0.6) is 0 Å². The molecule has 0 N–H and O–H groups in total. The first-order chi connectivity index (χ1) is 49.0. The summed E-state index contributed by atoms with van der Waals surface area (Å²) in [6, 6.07) is 128. The van der Waals surface area contributed by atoms with Crippen LogP contribution in [0.4, 0.5) is 0 Å². The van der Waals surface area contributed by atoms with Crippen LogP contribution in [-0.4, -0.2) is 33.6 Å². The maximum atomic E-state index is 5.30. The van der Waals surface area contributed by atoms with Gasteiger partial charge in [-0.25, -0.2) is 19.9 Å². The van der Waals surface area contributed by atoms with Crippen LogP contribution in [-0.2, 0) is 0 Å². The van der Waals surface area contributed by atoms with Gasteiger partial charge in [-0.15, -0.1) is 0 Å². The van der Waals surface area contributed by atoms with Gasteiger partial charge in [-0.1, -0.05) is 267 Å². The van der Waals surface area contributed by atoms with Crippen molar-refractivity contribution in [2.75, 3.05) is 0 Å². The zero-order chi connectivity index (χ0) is 65.3. The fraction of sp³-hybridized carbons (Fsp3) is 0. The first-order valence-corrected chi connectivity index (χ1v) is 33.6. The molecule has 0 atom stereocenters. The van der Waals surface area contributed by atoms with Crippen LogP contribution in [0.15, 0.2) is 358 Å². The average Bonchev–Trinajstić information content (AvgIpc) is 1.60. The second-order valence-electron chi connectivity index (χ2n) is 25.4. The molecule has 99 heavy (non-hydrogen) atoms. The monoisotopic (exact) mass is 1260 g/mol. The summed E-state index contributed by atoms with van der Waals surface area (Å²) in [6.45, 7) is 0. The van der Waals surface area contributed by atoms with Crippen molar-refractivity contribution in [3.05, 3.63) is 358 Å². The van der Waals surface area contributed by atoms with Crippen molar-refractivity contribution in [3.8, 4) is 118 Å². The molecule has 0 spiro atoms. The molecule has 7 nitrogen and oxygen atoms in total. The van der Waals surface area contributed by atoms with Crippen LogP contribution in [0.2, 0.25) is 0 Å². The van der Waals surface area contributed by atoms with E-state index in [1.165, 1.54) is 38.0 Å². The van der Waals surface area contributed by atoms with E-state index in [-0.39, 0.29) is 0 Å². The van der Waals surface area contributed by atoms with Crippen LogP contribution < -0.4 is 0 Å². The molecule has 7 heteroatoms. The van der Waals surface area contributed by atoms with Gasteiger partial charge in [-0.2, -0.15) is 0 Å². The third-order valence-electron chi connectivity index (χ3n) is 19.5. The second-order valence-corrected chi connectivity index (χ2v) is 25.4. The fourth-order valence-electron chi connectivity index (χ4n) is 14.7. The van der Waals surface area contributed by atoms with Crippen molar-refractivity contribution in [1.29, 1.82) is 0 Å². The summed E-state index contributed by atoms with van der Waals surface area (Å²) in [6.07, 6.45) is 0. The van der Waals surface area contributed by atoms with E-state index in [1.54, 1.807) is 0 Å². The van der Waals surface area contributed by atoms with E-state index in [1.807, 2.05) is 42.5 Å². The highest BCUT2D eigenvalue weighted by Crippen LogP contribution is 2.42. The van der Waals surface area contributed by atoms with Gasteiger partial charge in [0.15, 0.2) is 11.6 Å². The third kappa shape index (κ3) is 10.2. The van der Waals surface area contributed by atoms with Crippen molar-refractivity contribution >= 4 is 65.4 Å². The molecule has 0 unspecified atom stereocenters. The van der Waals surface area contributed by atoms with Crippen LogP contribution in [0.1, 0.15) is 0 Å². The Balaban J connectivity index is 0.690. The molecular weight excluding hydrogens is 1200 g/mol. The molecule has 0 bridgehead atoms.